The normalized spacial score (nSPS) is 10.7. The Hall–Kier alpha value is -1.74. The van der Waals surface area contributed by atoms with Crippen LogP contribution in [0.2, 0.25) is 0 Å². The Morgan fingerprint density at radius 3 is 2.37 bits per heavy atom. The fourth-order valence-corrected chi connectivity index (χ4v) is 2.21. The molecule has 0 aromatic heterocycles. The number of hydrogen-bond donors (Lipinski definition) is 0. The average molecular weight is 259 g/mol. The van der Waals surface area contributed by atoms with Crippen LogP contribution in [0.5, 0.6) is 5.75 Å². The van der Waals surface area contributed by atoms with Gasteiger partial charge in [-0.25, -0.2) is 0 Å². The molecule has 0 N–H and O–H groups in total. The largest absolute Gasteiger partial charge is 0.468 e. The summed E-state index contributed by atoms with van der Waals surface area (Å²) in [6, 6.07) is 12.6. The van der Waals surface area contributed by atoms with Crippen LogP contribution in [0, 0.1) is 0 Å². The summed E-state index contributed by atoms with van der Waals surface area (Å²) in [6.45, 7) is 6.66. The van der Waals surface area contributed by atoms with Crippen molar-refractivity contribution in [2.24, 2.45) is 0 Å². The molecule has 0 spiro atoms. The van der Waals surface area contributed by atoms with E-state index in [1.165, 1.54) is 16.5 Å². The Balaban J connectivity index is 2.33. The molecule has 2 aromatic carbocycles. The predicted molar refractivity (Wildman–Crippen MR) is 80.0 cm³/mol. The first kappa shape index (κ1) is 13.7. The van der Waals surface area contributed by atoms with Crippen LogP contribution in [0.4, 0.5) is 5.69 Å². The van der Waals surface area contributed by atoms with E-state index in [-0.39, 0.29) is 6.79 Å². The lowest BCUT2D eigenvalue weighted by Gasteiger charge is -2.21. The molecule has 0 radical (unpaired) electrons. The van der Waals surface area contributed by atoms with E-state index in [1.807, 2.05) is 6.07 Å². The molecule has 0 unspecified atom stereocenters. The van der Waals surface area contributed by atoms with Crippen LogP contribution < -0.4 is 9.64 Å². The molecule has 0 aliphatic heterocycles. The zero-order chi connectivity index (χ0) is 13.7. The molecule has 0 aliphatic carbocycles. The van der Waals surface area contributed by atoms with Crippen molar-refractivity contribution in [2.75, 3.05) is 31.9 Å². The number of benzene rings is 2. The summed E-state index contributed by atoms with van der Waals surface area (Å²) in [4.78, 5) is 2.34. The molecule has 102 valence electrons. The quantitative estimate of drug-likeness (QED) is 0.739. The Kier molecular flexibility index (Phi) is 4.63. The third-order valence-electron chi connectivity index (χ3n) is 3.27. The van der Waals surface area contributed by atoms with Crippen molar-refractivity contribution in [3.05, 3.63) is 36.4 Å². The van der Waals surface area contributed by atoms with Gasteiger partial charge >= 0.3 is 0 Å². The molecule has 0 amide bonds. The average Bonchev–Trinajstić information content (AvgIpc) is 2.46. The first-order valence-corrected chi connectivity index (χ1v) is 6.69. The fraction of sp³-hybridized carbons (Fsp3) is 0.375. The summed E-state index contributed by atoms with van der Waals surface area (Å²) in [6.07, 6.45) is 0. The van der Waals surface area contributed by atoms with Gasteiger partial charge < -0.3 is 14.4 Å². The molecule has 0 aliphatic rings. The van der Waals surface area contributed by atoms with Crippen LogP contribution >= 0.6 is 0 Å². The van der Waals surface area contributed by atoms with Gasteiger partial charge in [-0.1, -0.05) is 12.1 Å². The SMILES string of the molecule is CCN(CC)c1ccc2ccc(OCOC)cc2c1. The smallest absolute Gasteiger partial charge is 0.188 e. The van der Waals surface area contributed by atoms with E-state index in [0.717, 1.165) is 18.8 Å². The molecule has 2 rings (SSSR count). The molecular formula is C16H21NO2. The van der Waals surface area contributed by atoms with Crippen LogP contribution in [-0.2, 0) is 4.74 Å². The Bertz CT molecular complexity index is 535. The van der Waals surface area contributed by atoms with Gasteiger partial charge in [-0.15, -0.1) is 0 Å². The summed E-state index contributed by atoms with van der Waals surface area (Å²) in [5.41, 5.74) is 1.25. The van der Waals surface area contributed by atoms with E-state index in [9.17, 15) is 0 Å². The number of methoxy groups -OCH3 is 1. The van der Waals surface area contributed by atoms with Crippen LogP contribution in [0.1, 0.15) is 13.8 Å². The molecule has 0 heterocycles. The van der Waals surface area contributed by atoms with Gasteiger partial charge in [0.1, 0.15) is 5.75 Å². The van der Waals surface area contributed by atoms with Crippen molar-refractivity contribution in [2.45, 2.75) is 13.8 Å². The minimum absolute atomic E-state index is 0.279. The summed E-state index contributed by atoms with van der Waals surface area (Å²) in [7, 11) is 1.62. The van der Waals surface area contributed by atoms with E-state index in [4.69, 9.17) is 9.47 Å². The molecule has 3 heteroatoms. The number of nitrogens with zero attached hydrogens (tertiary/aromatic N) is 1. The second-order valence-electron chi connectivity index (χ2n) is 4.42. The number of anilines is 1. The van der Waals surface area contributed by atoms with Crippen molar-refractivity contribution >= 4 is 16.5 Å². The molecule has 19 heavy (non-hydrogen) atoms. The standard InChI is InChI=1S/C16H21NO2/c1-4-17(5-2)15-8-6-13-7-9-16(19-12-18-3)11-14(13)10-15/h6-11H,4-5,12H2,1-3H3. The van der Waals surface area contributed by atoms with Crippen LogP contribution in [0.15, 0.2) is 36.4 Å². The Labute approximate surface area is 114 Å². The fourth-order valence-electron chi connectivity index (χ4n) is 2.21. The van der Waals surface area contributed by atoms with Crippen LogP contribution in [-0.4, -0.2) is 27.0 Å². The lowest BCUT2D eigenvalue weighted by molar-refractivity contribution is 0.0512. The van der Waals surface area contributed by atoms with Crippen LogP contribution in [0.3, 0.4) is 0 Å². The Morgan fingerprint density at radius 1 is 0.947 bits per heavy atom. The molecule has 0 fully saturated rings. The molecular weight excluding hydrogens is 238 g/mol. The lowest BCUT2D eigenvalue weighted by atomic mass is 10.1. The maximum absolute atomic E-state index is 5.48. The molecule has 3 nitrogen and oxygen atoms in total. The number of fused-ring (bicyclic) bond motifs is 1. The van der Waals surface area contributed by atoms with Gasteiger partial charge in [0, 0.05) is 25.9 Å². The van der Waals surface area contributed by atoms with Crippen molar-refractivity contribution in [1.82, 2.24) is 0 Å². The molecule has 0 bridgehead atoms. The summed E-state index contributed by atoms with van der Waals surface area (Å²) in [5, 5.41) is 2.42. The van der Waals surface area contributed by atoms with Crippen molar-refractivity contribution in [3.63, 3.8) is 0 Å². The van der Waals surface area contributed by atoms with E-state index in [2.05, 4.69) is 49.1 Å². The molecule has 2 aromatic rings. The van der Waals surface area contributed by atoms with Gasteiger partial charge in [-0.3, -0.25) is 0 Å². The zero-order valence-electron chi connectivity index (χ0n) is 11.8. The highest BCUT2D eigenvalue weighted by Crippen LogP contribution is 2.25. The van der Waals surface area contributed by atoms with Gasteiger partial charge in [0.2, 0.25) is 0 Å². The number of hydrogen-bond acceptors (Lipinski definition) is 3. The van der Waals surface area contributed by atoms with Gasteiger partial charge in [0.25, 0.3) is 0 Å². The summed E-state index contributed by atoms with van der Waals surface area (Å²) < 4.78 is 10.4. The van der Waals surface area contributed by atoms with E-state index >= 15 is 0 Å². The maximum Gasteiger partial charge on any atom is 0.188 e. The highest BCUT2D eigenvalue weighted by Gasteiger charge is 2.04. The second-order valence-corrected chi connectivity index (χ2v) is 4.42. The minimum atomic E-state index is 0.279. The van der Waals surface area contributed by atoms with Gasteiger partial charge in [-0.05, 0) is 48.9 Å². The van der Waals surface area contributed by atoms with E-state index in [0.29, 0.717) is 0 Å². The molecule has 0 atom stereocenters. The first-order valence-electron chi connectivity index (χ1n) is 6.69. The number of ether oxygens (including phenoxy) is 2. The monoisotopic (exact) mass is 259 g/mol. The zero-order valence-corrected chi connectivity index (χ0v) is 11.8. The van der Waals surface area contributed by atoms with E-state index in [1.54, 1.807) is 7.11 Å². The van der Waals surface area contributed by atoms with Crippen molar-refractivity contribution in [1.29, 1.82) is 0 Å². The van der Waals surface area contributed by atoms with Crippen LogP contribution in [0.25, 0.3) is 10.8 Å². The maximum atomic E-state index is 5.48. The highest BCUT2D eigenvalue weighted by molar-refractivity contribution is 5.87. The van der Waals surface area contributed by atoms with E-state index < -0.39 is 0 Å². The number of rotatable bonds is 6. The first-order chi connectivity index (χ1) is 9.28. The van der Waals surface area contributed by atoms with Gasteiger partial charge in [0.15, 0.2) is 6.79 Å². The molecule has 0 saturated heterocycles. The molecule has 0 saturated carbocycles. The predicted octanol–water partition coefficient (Wildman–Crippen LogP) is 3.67. The minimum Gasteiger partial charge on any atom is -0.468 e. The Morgan fingerprint density at radius 2 is 1.68 bits per heavy atom. The lowest BCUT2D eigenvalue weighted by Crippen LogP contribution is -2.21. The second kappa shape index (κ2) is 6.43. The van der Waals surface area contributed by atoms with Crippen molar-refractivity contribution < 1.29 is 9.47 Å². The van der Waals surface area contributed by atoms with Gasteiger partial charge in [-0.2, -0.15) is 0 Å². The summed E-state index contributed by atoms with van der Waals surface area (Å²) in [5.74, 6) is 0.839. The summed E-state index contributed by atoms with van der Waals surface area (Å²) >= 11 is 0. The van der Waals surface area contributed by atoms with Crippen molar-refractivity contribution in [3.8, 4) is 5.75 Å². The highest BCUT2D eigenvalue weighted by atomic mass is 16.7. The van der Waals surface area contributed by atoms with Gasteiger partial charge in [0.05, 0.1) is 0 Å². The third-order valence-corrected chi connectivity index (χ3v) is 3.27. The third kappa shape index (κ3) is 3.18. The topological polar surface area (TPSA) is 21.7 Å².